The average molecular weight is 155 g/mol. The Balaban J connectivity index is 2.59. The van der Waals surface area contributed by atoms with E-state index < -0.39 is 0 Å². The van der Waals surface area contributed by atoms with E-state index >= 15 is 0 Å². The molecule has 0 saturated carbocycles. The van der Waals surface area contributed by atoms with Crippen molar-refractivity contribution in [2.75, 3.05) is 7.05 Å². The Morgan fingerprint density at radius 2 is 2.40 bits per heavy atom. The van der Waals surface area contributed by atoms with E-state index in [0.29, 0.717) is 0 Å². The van der Waals surface area contributed by atoms with Crippen LogP contribution in [0.4, 0.5) is 0 Å². The minimum absolute atomic E-state index is 0.997. The van der Waals surface area contributed by atoms with Crippen molar-refractivity contribution in [2.45, 2.75) is 19.9 Å². The van der Waals surface area contributed by atoms with Crippen LogP contribution in [0, 0.1) is 0 Å². The van der Waals surface area contributed by atoms with Crippen molar-refractivity contribution >= 4 is 11.3 Å². The Hall–Kier alpha value is -0.340. The summed E-state index contributed by atoms with van der Waals surface area (Å²) < 4.78 is 0. The van der Waals surface area contributed by atoms with Crippen molar-refractivity contribution < 1.29 is 0 Å². The first-order valence-electron chi connectivity index (χ1n) is 3.57. The molecule has 0 fully saturated rings. The van der Waals surface area contributed by atoms with Crippen LogP contribution in [0.1, 0.15) is 17.4 Å². The smallest absolute Gasteiger partial charge is 0.0210 e. The third-order valence-electron chi connectivity index (χ3n) is 1.44. The highest BCUT2D eigenvalue weighted by atomic mass is 32.1. The van der Waals surface area contributed by atoms with Gasteiger partial charge in [0.15, 0.2) is 0 Å². The van der Waals surface area contributed by atoms with Gasteiger partial charge in [0, 0.05) is 11.4 Å². The predicted octanol–water partition coefficient (Wildman–Crippen LogP) is 2.03. The Kier molecular flexibility index (Phi) is 2.90. The van der Waals surface area contributed by atoms with E-state index in [4.69, 9.17) is 0 Å². The molecule has 0 amide bonds. The number of hydrogen-bond donors (Lipinski definition) is 1. The van der Waals surface area contributed by atoms with Crippen molar-refractivity contribution in [3.63, 3.8) is 0 Å². The average Bonchev–Trinajstić information content (AvgIpc) is 2.37. The zero-order chi connectivity index (χ0) is 7.40. The summed E-state index contributed by atoms with van der Waals surface area (Å²) in [5, 5.41) is 5.35. The Bertz CT molecular complexity index is 193. The third kappa shape index (κ3) is 1.82. The highest BCUT2D eigenvalue weighted by Gasteiger charge is 1.94. The van der Waals surface area contributed by atoms with Crippen molar-refractivity contribution in [2.24, 2.45) is 0 Å². The summed E-state index contributed by atoms with van der Waals surface area (Å²) in [5.74, 6) is 0. The van der Waals surface area contributed by atoms with E-state index in [0.717, 1.165) is 13.0 Å². The molecule has 0 atom stereocenters. The van der Waals surface area contributed by atoms with Gasteiger partial charge in [-0.3, -0.25) is 0 Å². The maximum Gasteiger partial charge on any atom is 0.0210 e. The van der Waals surface area contributed by atoms with Gasteiger partial charge in [-0.15, -0.1) is 11.3 Å². The molecule has 0 bridgehead atoms. The van der Waals surface area contributed by atoms with E-state index in [1.54, 1.807) is 0 Å². The topological polar surface area (TPSA) is 12.0 Å². The lowest BCUT2D eigenvalue weighted by Gasteiger charge is -1.91. The fourth-order valence-electron chi connectivity index (χ4n) is 0.908. The second-order valence-corrected chi connectivity index (χ2v) is 3.30. The summed E-state index contributed by atoms with van der Waals surface area (Å²) in [6.45, 7) is 3.19. The van der Waals surface area contributed by atoms with E-state index in [2.05, 4.69) is 23.7 Å². The fourth-order valence-corrected chi connectivity index (χ4v) is 1.75. The first-order chi connectivity index (χ1) is 4.86. The van der Waals surface area contributed by atoms with Crippen LogP contribution in [0.2, 0.25) is 0 Å². The zero-order valence-electron chi connectivity index (χ0n) is 6.48. The van der Waals surface area contributed by atoms with Crippen LogP contribution in [-0.2, 0) is 13.0 Å². The van der Waals surface area contributed by atoms with Crippen LogP contribution in [0.25, 0.3) is 0 Å². The molecule has 0 aromatic carbocycles. The minimum atomic E-state index is 0.997. The molecule has 1 N–H and O–H groups in total. The molecule has 1 aromatic rings. The number of hydrogen-bond acceptors (Lipinski definition) is 2. The van der Waals surface area contributed by atoms with Crippen molar-refractivity contribution in [1.82, 2.24) is 5.32 Å². The highest BCUT2D eigenvalue weighted by molar-refractivity contribution is 7.10. The lowest BCUT2D eigenvalue weighted by atomic mass is 10.3. The molecule has 0 radical (unpaired) electrons. The highest BCUT2D eigenvalue weighted by Crippen LogP contribution is 2.14. The lowest BCUT2D eigenvalue weighted by molar-refractivity contribution is 0.820. The van der Waals surface area contributed by atoms with E-state index in [1.807, 2.05) is 18.4 Å². The van der Waals surface area contributed by atoms with Gasteiger partial charge in [0.2, 0.25) is 0 Å². The first-order valence-corrected chi connectivity index (χ1v) is 4.45. The van der Waals surface area contributed by atoms with Gasteiger partial charge in [-0.1, -0.05) is 6.92 Å². The molecule has 1 nitrogen and oxygen atoms in total. The van der Waals surface area contributed by atoms with Crippen LogP contribution >= 0.6 is 11.3 Å². The first kappa shape index (κ1) is 7.76. The molecule has 56 valence electrons. The Morgan fingerprint density at radius 3 is 2.90 bits per heavy atom. The maximum atomic E-state index is 3.13. The molecule has 1 aromatic heterocycles. The molecule has 10 heavy (non-hydrogen) atoms. The van der Waals surface area contributed by atoms with Crippen LogP contribution in [0.3, 0.4) is 0 Å². The van der Waals surface area contributed by atoms with Gasteiger partial charge < -0.3 is 5.32 Å². The number of rotatable bonds is 3. The SMILES string of the molecule is CCc1cc(CNC)cs1. The molecule has 2 heteroatoms. The molecule has 1 rings (SSSR count). The fraction of sp³-hybridized carbons (Fsp3) is 0.500. The molecular weight excluding hydrogens is 142 g/mol. The van der Waals surface area contributed by atoms with Gasteiger partial charge in [0.1, 0.15) is 0 Å². The zero-order valence-corrected chi connectivity index (χ0v) is 7.29. The molecular formula is C8H13NS. The summed E-state index contributed by atoms with van der Waals surface area (Å²) in [4.78, 5) is 1.48. The van der Waals surface area contributed by atoms with Gasteiger partial charge in [-0.05, 0) is 30.5 Å². The largest absolute Gasteiger partial charge is 0.316 e. The summed E-state index contributed by atoms with van der Waals surface area (Å²) in [5.41, 5.74) is 1.41. The van der Waals surface area contributed by atoms with Gasteiger partial charge >= 0.3 is 0 Å². The maximum absolute atomic E-state index is 3.13. The summed E-state index contributed by atoms with van der Waals surface area (Å²) in [6, 6.07) is 2.27. The lowest BCUT2D eigenvalue weighted by Crippen LogP contribution is -2.03. The molecule has 1 heterocycles. The Morgan fingerprint density at radius 1 is 1.60 bits per heavy atom. The second kappa shape index (κ2) is 3.74. The van der Waals surface area contributed by atoms with Crippen molar-refractivity contribution in [3.8, 4) is 0 Å². The van der Waals surface area contributed by atoms with Crippen molar-refractivity contribution in [1.29, 1.82) is 0 Å². The molecule has 0 saturated heterocycles. The number of nitrogens with one attached hydrogen (secondary N) is 1. The van der Waals surface area contributed by atoms with Crippen molar-refractivity contribution in [3.05, 3.63) is 21.9 Å². The van der Waals surface area contributed by atoms with Crippen LogP contribution in [0.5, 0.6) is 0 Å². The van der Waals surface area contributed by atoms with Gasteiger partial charge in [0.05, 0.1) is 0 Å². The number of thiophene rings is 1. The monoisotopic (exact) mass is 155 g/mol. The summed E-state index contributed by atoms with van der Waals surface area (Å²) in [7, 11) is 1.98. The molecule has 0 spiro atoms. The normalized spacial score (nSPS) is 10.2. The standard InChI is InChI=1S/C8H13NS/c1-3-8-4-7(5-9-2)6-10-8/h4,6,9H,3,5H2,1-2H3. The minimum Gasteiger partial charge on any atom is -0.316 e. The van der Waals surface area contributed by atoms with Crippen LogP contribution < -0.4 is 5.32 Å². The number of aryl methyl sites for hydroxylation is 1. The third-order valence-corrected chi connectivity index (χ3v) is 2.57. The second-order valence-electron chi connectivity index (χ2n) is 2.31. The molecule has 0 aliphatic carbocycles. The Labute approximate surface area is 66.1 Å². The van der Waals surface area contributed by atoms with E-state index in [9.17, 15) is 0 Å². The summed E-state index contributed by atoms with van der Waals surface area (Å²) in [6.07, 6.45) is 1.16. The van der Waals surface area contributed by atoms with E-state index in [-0.39, 0.29) is 0 Å². The van der Waals surface area contributed by atoms with Crippen LogP contribution in [0.15, 0.2) is 11.4 Å². The van der Waals surface area contributed by atoms with Gasteiger partial charge in [-0.2, -0.15) is 0 Å². The van der Waals surface area contributed by atoms with E-state index in [1.165, 1.54) is 10.4 Å². The van der Waals surface area contributed by atoms with Gasteiger partial charge in [0.25, 0.3) is 0 Å². The quantitative estimate of drug-likeness (QED) is 0.704. The van der Waals surface area contributed by atoms with Gasteiger partial charge in [-0.25, -0.2) is 0 Å². The summed E-state index contributed by atoms with van der Waals surface area (Å²) >= 11 is 1.85. The molecule has 0 aliphatic heterocycles. The molecule has 0 aliphatic rings. The van der Waals surface area contributed by atoms with Crippen LogP contribution in [-0.4, -0.2) is 7.05 Å². The predicted molar refractivity (Wildman–Crippen MR) is 46.5 cm³/mol. The molecule has 0 unspecified atom stereocenters.